The average Bonchev–Trinajstić information content (AvgIpc) is 2.92. The van der Waals surface area contributed by atoms with E-state index in [1.54, 1.807) is 30.3 Å². The van der Waals surface area contributed by atoms with Gasteiger partial charge in [-0.2, -0.15) is 5.10 Å². The van der Waals surface area contributed by atoms with Crippen LogP contribution in [0.1, 0.15) is 53.4 Å². The van der Waals surface area contributed by atoms with Gasteiger partial charge < -0.3 is 14.8 Å². The number of carbonyl (C=O) groups is 2. The average molecular weight is 562 g/mol. The Kier molecular flexibility index (Phi) is 11.3. The molecule has 0 bridgehead atoms. The molecule has 0 spiro atoms. The van der Waals surface area contributed by atoms with Crippen LogP contribution in [0, 0.1) is 12.8 Å². The third-order valence-electron chi connectivity index (χ3n) is 6.03. The molecule has 0 saturated heterocycles. The number of allylic oxidation sites excluding steroid dienone is 1. The lowest BCUT2D eigenvalue weighted by atomic mass is 10.0. The molecule has 2 N–H and O–H groups in total. The molecule has 1 atom stereocenters. The summed E-state index contributed by atoms with van der Waals surface area (Å²) >= 11 is 6.00. The minimum absolute atomic E-state index is 0.174. The fourth-order valence-electron chi connectivity index (χ4n) is 3.96. The zero-order valence-electron chi connectivity index (χ0n) is 23.4. The molecule has 7 nitrogen and oxygen atoms in total. The first-order valence-corrected chi connectivity index (χ1v) is 13.6. The number of halogens is 1. The number of rotatable bonds is 13. The van der Waals surface area contributed by atoms with Crippen LogP contribution >= 0.6 is 11.6 Å². The van der Waals surface area contributed by atoms with E-state index in [0.29, 0.717) is 47.3 Å². The lowest BCUT2D eigenvalue weighted by Gasteiger charge is -2.20. The molecule has 40 heavy (non-hydrogen) atoms. The molecule has 8 heteroatoms. The summed E-state index contributed by atoms with van der Waals surface area (Å²) in [6.45, 7) is 12.4. The summed E-state index contributed by atoms with van der Waals surface area (Å²) in [4.78, 5) is 25.6. The van der Waals surface area contributed by atoms with Crippen molar-refractivity contribution in [2.75, 3.05) is 6.61 Å². The molecule has 0 aromatic heterocycles. The van der Waals surface area contributed by atoms with Crippen molar-refractivity contribution in [2.45, 2.75) is 46.8 Å². The highest BCUT2D eigenvalue weighted by Gasteiger charge is 2.24. The second kappa shape index (κ2) is 14.9. The van der Waals surface area contributed by atoms with Crippen molar-refractivity contribution in [3.8, 4) is 11.5 Å². The van der Waals surface area contributed by atoms with E-state index in [1.165, 1.54) is 11.8 Å². The number of carbonyl (C=O) groups excluding carboxylic acids is 2. The van der Waals surface area contributed by atoms with Crippen molar-refractivity contribution < 1.29 is 19.1 Å². The van der Waals surface area contributed by atoms with Gasteiger partial charge in [-0.25, -0.2) is 5.43 Å². The molecule has 2 amide bonds. The minimum atomic E-state index is -0.795. The van der Waals surface area contributed by atoms with Gasteiger partial charge in [0.2, 0.25) is 0 Å². The second-order valence-corrected chi connectivity index (χ2v) is 10.1. The number of hydrogen-bond donors (Lipinski definition) is 2. The van der Waals surface area contributed by atoms with Gasteiger partial charge in [0.25, 0.3) is 11.8 Å². The smallest absolute Gasteiger partial charge is 0.262 e. The van der Waals surface area contributed by atoms with Gasteiger partial charge in [-0.3, -0.25) is 9.59 Å². The fraction of sp³-hybridized carbons (Fsp3) is 0.281. The van der Waals surface area contributed by atoms with Gasteiger partial charge >= 0.3 is 0 Å². The topological polar surface area (TPSA) is 89.0 Å². The Hall–Kier alpha value is -4.10. The Bertz CT molecular complexity index is 1350. The molecule has 210 valence electrons. The van der Waals surface area contributed by atoms with Crippen LogP contribution in [0.4, 0.5) is 0 Å². The number of benzene rings is 3. The lowest BCUT2D eigenvalue weighted by molar-refractivity contribution is -0.123. The molecule has 0 aliphatic heterocycles. The number of nitrogens with one attached hydrogen (secondary N) is 2. The van der Waals surface area contributed by atoms with Crippen molar-refractivity contribution >= 4 is 29.6 Å². The van der Waals surface area contributed by atoms with E-state index in [2.05, 4.69) is 22.4 Å². The Labute approximate surface area is 241 Å². The van der Waals surface area contributed by atoms with Gasteiger partial charge in [0, 0.05) is 16.1 Å². The zero-order chi connectivity index (χ0) is 29.1. The molecule has 0 radical (unpaired) electrons. The van der Waals surface area contributed by atoms with Crippen LogP contribution in [0.25, 0.3) is 0 Å². The Morgan fingerprint density at radius 3 is 2.48 bits per heavy atom. The third kappa shape index (κ3) is 8.71. The maximum Gasteiger partial charge on any atom is 0.262 e. The van der Waals surface area contributed by atoms with Crippen molar-refractivity contribution in [3.05, 3.63) is 106 Å². The van der Waals surface area contributed by atoms with Crippen LogP contribution in [0.2, 0.25) is 5.02 Å². The standard InChI is InChI=1S/C32H36ClN3O4/c1-6-9-25-16-24(17-28(39-7-2)30(25)40-20-23-14-12-22(5)13-15-23)19-34-36-32(38)29(21(3)4)35-31(37)26-10-8-11-27(33)18-26/h6,8,10-19,21,29H,1,7,9,20H2,2-5H3,(H,35,37)(H,36,38)/b34-19-. The summed E-state index contributed by atoms with van der Waals surface area (Å²) in [5.74, 6) is 0.225. The quantitative estimate of drug-likeness (QED) is 0.146. The fourth-order valence-corrected chi connectivity index (χ4v) is 4.15. The predicted molar refractivity (Wildman–Crippen MR) is 160 cm³/mol. The Morgan fingerprint density at radius 1 is 1.07 bits per heavy atom. The summed E-state index contributed by atoms with van der Waals surface area (Å²) < 4.78 is 12.1. The molecule has 3 aromatic carbocycles. The lowest BCUT2D eigenvalue weighted by Crippen LogP contribution is -2.48. The summed E-state index contributed by atoms with van der Waals surface area (Å²) in [6.07, 6.45) is 3.89. The van der Waals surface area contributed by atoms with Gasteiger partial charge in [-0.05, 0) is 67.6 Å². The second-order valence-electron chi connectivity index (χ2n) is 9.65. The van der Waals surface area contributed by atoms with Crippen LogP contribution in [0.15, 0.2) is 78.4 Å². The van der Waals surface area contributed by atoms with Gasteiger partial charge in [-0.15, -0.1) is 6.58 Å². The largest absolute Gasteiger partial charge is 0.490 e. The Balaban J connectivity index is 1.75. The van der Waals surface area contributed by atoms with Gasteiger partial charge in [0.1, 0.15) is 12.6 Å². The first-order valence-electron chi connectivity index (χ1n) is 13.2. The van der Waals surface area contributed by atoms with Crippen molar-refractivity contribution in [1.82, 2.24) is 10.7 Å². The van der Waals surface area contributed by atoms with E-state index in [9.17, 15) is 9.59 Å². The number of nitrogens with zero attached hydrogens (tertiary/aromatic N) is 1. The summed E-state index contributed by atoms with van der Waals surface area (Å²) in [7, 11) is 0. The van der Waals surface area contributed by atoms with Crippen LogP contribution in [0.5, 0.6) is 11.5 Å². The molecule has 0 aliphatic rings. The number of hydrazone groups is 1. The Morgan fingerprint density at radius 2 is 1.82 bits per heavy atom. The van der Waals surface area contributed by atoms with Crippen molar-refractivity contribution in [2.24, 2.45) is 11.0 Å². The molecule has 0 aliphatic carbocycles. The number of amides is 2. The molecule has 0 heterocycles. The number of aryl methyl sites for hydroxylation is 1. The highest BCUT2D eigenvalue weighted by molar-refractivity contribution is 6.31. The summed E-state index contributed by atoms with van der Waals surface area (Å²) in [5.41, 5.74) is 6.75. The third-order valence-corrected chi connectivity index (χ3v) is 6.27. The summed E-state index contributed by atoms with van der Waals surface area (Å²) in [5, 5.41) is 7.36. The number of hydrogen-bond acceptors (Lipinski definition) is 5. The van der Waals surface area contributed by atoms with Crippen LogP contribution in [-0.4, -0.2) is 30.7 Å². The monoisotopic (exact) mass is 561 g/mol. The number of ether oxygens (including phenoxy) is 2. The van der Waals surface area contributed by atoms with E-state index < -0.39 is 17.9 Å². The molecule has 0 saturated carbocycles. The van der Waals surface area contributed by atoms with Crippen molar-refractivity contribution in [1.29, 1.82) is 0 Å². The van der Waals surface area contributed by atoms with Crippen LogP contribution < -0.4 is 20.2 Å². The van der Waals surface area contributed by atoms with E-state index in [0.717, 1.165) is 11.1 Å². The van der Waals surface area contributed by atoms with Gasteiger partial charge in [0.15, 0.2) is 11.5 Å². The highest BCUT2D eigenvalue weighted by atomic mass is 35.5. The summed E-state index contributed by atoms with van der Waals surface area (Å²) in [6, 6.07) is 17.7. The maximum absolute atomic E-state index is 12.9. The van der Waals surface area contributed by atoms with E-state index in [-0.39, 0.29) is 5.92 Å². The maximum atomic E-state index is 12.9. The molecule has 3 rings (SSSR count). The normalized spacial score (nSPS) is 11.8. The minimum Gasteiger partial charge on any atom is -0.490 e. The van der Waals surface area contributed by atoms with Crippen LogP contribution in [0.3, 0.4) is 0 Å². The highest BCUT2D eigenvalue weighted by Crippen LogP contribution is 2.34. The zero-order valence-corrected chi connectivity index (χ0v) is 24.1. The van der Waals surface area contributed by atoms with Gasteiger partial charge in [0.05, 0.1) is 12.8 Å². The molecule has 1 unspecified atom stereocenters. The van der Waals surface area contributed by atoms with Crippen LogP contribution in [-0.2, 0) is 17.8 Å². The molecule has 3 aromatic rings. The predicted octanol–water partition coefficient (Wildman–Crippen LogP) is 6.26. The van der Waals surface area contributed by atoms with E-state index in [1.807, 2.05) is 64.1 Å². The first kappa shape index (κ1) is 30.4. The van der Waals surface area contributed by atoms with E-state index >= 15 is 0 Å². The molecular formula is C32H36ClN3O4. The first-order chi connectivity index (χ1) is 19.2. The van der Waals surface area contributed by atoms with Gasteiger partial charge in [-0.1, -0.05) is 67.4 Å². The SMILES string of the molecule is C=CCc1cc(/C=N\NC(=O)C(NC(=O)c2cccc(Cl)c2)C(C)C)cc(OCC)c1OCc1ccc(C)cc1. The van der Waals surface area contributed by atoms with E-state index in [4.69, 9.17) is 21.1 Å². The molecular weight excluding hydrogens is 526 g/mol. The van der Waals surface area contributed by atoms with Crippen molar-refractivity contribution in [3.63, 3.8) is 0 Å². The molecule has 0 fully saturated rings.